The van der Waals surface area contributed by atoms with Gasteiger partial charge >= 0.3 is 6.09 Å². The first-order chi connectivity index (χ1) is 6.29. The fourth-order valence-electron chi connectivity index (χ4n) is 1.32. The second-order valence-electron chi connectivity index (χ2n) is 3.04. The zero-order chi connectivity index (χ0) is 9.52. The van der Waals surface area contributed by atoms with E-state index in [1.807, 2.05) is 0 Å². The number of ether oxygens (including phenoxy) is 1. The third kappa shape index (κ3) is 6.01. The summed E-state index contributed by atoms with van der Waals surface area (Å²) in [6.07, 6.45) is -0.0753. The van der Waals surface area contributed by atoms with Crippen LogP contribution in [0.2, 0.25) is 0 Å². The minimum absolute atomic E-state index is 0. The van der Waals surface area contributed by atoms with Crippen molar-refractivity contribution in [1.82, 2.24) is 10.2 Å². The van der Waals surface area contributed by atoms with Crippen LogP contribution >= 0.6 is 12.4 Å². The SMILES string of the molecule is Cl.O=C(O)NCCCN1CCOCC1. The molecule has 0 aromatic carbocycles. The molecule has 2 N–H and O–H groups in total. The smallest absolute Gasteiger partial charge is 0.404 e. The highest BCUT2D eigenvalue weighted by Crippen LogP contribution is 1.96. The molecule has 0 bridgehead atoms. The van der Waals surface area contributed by atoms with E-state index in [2.05, 4.69) is 10.2 Å². The molecule has 0 spiro atoms. The van der Waals surface area contributed by atoms with Crippen LogP contribution in [0.25, 0.3) is 0 Å². The van der Waals surface area contributed by atoms with E-state index in [9.17, 15) is 4.79 Å². The molecule has 1 amide bonds. The molecule has 0 aromatic heterocycles. The van der Waals surface area contributed by atoms with Crippen molar-refractivity contribution in [3.05, 3.63) is 0 Å². The third-order valence-electron chi connectivity index (χ3n) is 2.03. The summed E-state index contributed by atoms with van der Waals surface area (Å²) >= 11 is 0. The monoisotopic (exact) mass is 224 g/mol. The molecular weight excluding hydrogens is 208 g/mol. The Kier molecular flexibility index (Phi) is 7.55. The molecule has 0 aliphatic carbocycles. The van der Waals surface area contributed by atoms with Gasteiger partial charge < -0.3 is 15.2 Å². The van der Waals surface area contributed by atoms with Crippen LogP contribution in [0.1, 0.15) is 6.42 Å². The van der Waals surface area contributed by atoms with Gasteiger partial charge in [-0.05, 0) is 13.0 Å². The van der Waals surface area contributed by atoms with Crippen molar-refractivity contribution in [2.75, 3.05) is 39.4 Å². The first-order valence-electron chi connectivity index (χ1n) is 4.56. The summed E-state index contributed by atoms with van der Waals surface area (Å²) in [5.74, 6) is 0. The van der Waals surface area contributed by atoms with Crippen LogP contribution in [0.15, 0.2) is 0 Å². The molecule has 1 rings (SSSR count). The maximum Gasteiger partial charge on any atom is 0.404 e. The average Bonchev–Trinajstić information content (AvgIpc) is 2.14. The van der Waals surface area contributed by atoms with Gasteiger partial charge in [0.05, 0.1) is 13.2 Å². The van der Waals surface area contributed by atoms with Crippen molar-refractivity contribution in [3.8, 4) is 0 Å². The highest BCUT2D eigenvalue weighted by atomic mass is 35.5. The molecule has 5 nitrogen and oxygen atoms in total. The average molecular weight is 225 g/mol. The van der Waals surface area contributed by atoms with Crippen molar-refractivity contribution in [1.29, 1.82) is 0 Å². The zero-order valence-electron chi connectivity index (χ0n) is 8.07. The van der Waals surface area contributed by atoms with Crippen LogP contribution in [0.3, 0.4) is 0 Å². The van der Waals surface area contributed by atoms with Crippen LogP contribution in [-0.2, 0) is 4.74 Å². The van der Waals surface area contributed by atoms with E-state index < -0.39 is 6.09 Å². The summed E-state index contributed by atoms with van der Waals surface area (Å²) in [7, 11) is 0. The molecule has 1 saturated heterocycles. The van der Waals surface area contributed by atoms with E-state index >= 15 is 0 Å². The number of hydrogen-bond acceptors (Lipinski definition) is 3. The molecule has 1 aliphatic heterocycles. The Labute approximate surface area is 89.8 Å². The van der Waals surface area contributed by atoms with Crippen molar-refractivity contribution in [2.24, 2.45) is 0 Å². The number of nitrogens with zero attached hydrogens (tertiary/aromatic N) is 1. The van der Waals surface area contributed by atoms with Gasteiger partial charge in [0.1, 0.15) is 0 Å². The number of amides is 1. The molecular formula is C8H17ClN2O3. The highest BCUT2D eigenvalue weighted by molar-refractivity contribution is 5.85. The Morgan fingerprint density at radius 3 is 2.64 bits per heavy atom. The Bertz CT molecular complexity index is 163. The quantitative estimate of drug-likeness (QED) is 0.679. The number of carboxylic acid groups (broad SMARTS) is 1. The third-order valence-corrected chi connectivity index (χ3v) is 2.03. The van der Waals surface area contributed by atoms with Gasteiger partial charge in [0, 0.05) is 19.6 Å². The standard InChI is InChI=1S/C8H16N2O3.ClH/c11-8(12)9-2-1-3-10-4-6-13-7-5-10;/h9H,1-7H2,(H,11,12);1H. The minimum atomic E-state index is -0.943. The Morgan fingerprint density at radius 1 is 1.43 bits per heavy atom. The lowest BCUT2D eigenvalue weighted by Crippen LogP contribution is -2.38. The summed E-state index contributed by atoms with van der Waals surface area (Å²) in [4.78, 5) is 12.4. The first kappa shape index (κ1) is 13.5. The van der Waals surface area contributed by atoms with Crippen LogP contribution < -0.4 is 5.32 Å². The maximum atomic E-state index is 10.1. The van der Waals surface area contributed by atoms with Gasteiger partial charge in [-0.1, -0.05) is 0 Å². The van der Waals surface area contributed by atoms with Gasteiger partial charge in [-0.15, -0.1) is 12.4 Å². The summed E-state index contributed by atoms with van der Waals surface area (Å²) in [5.41, 5.74) is 0. The fourth-order valence-corrected chi connectivity index (χ4v) is 1.32. The number of carbonyl (C=O) groups is 1. The van der Waals surface area contributed by atoms with Gasteiger partial charge in [0.15, 0.2) is 0 Å². The molecule has 84 valence electrons. The lowest BCUT2D eigenvalue weighted by molar-refractivity contribution is 0.0374. The van der Waals surface area contributed by atoms with Crippen molar-refractivity contribution in [2.45, 2.75) is 6.42 Å². The van der Waals surface area contributed by atoms with Crippen LogP contribution in [0.5, 0.6) is 0 Å². The molecule has 0 radical (unpaired) electrons. The zero-order valence-corrected chi connectivity index (χ0v) is 8.89. The normalized spacial score (nSPS) is 17.1. The summed E-state index contributed by atoms with van der Waals surface area (Å²) in [6, 6.07) is 0. The lowest BCUT2D eigenvalue weighted by Gasteiger charge is -2.26. The predicted molar refractivity (Wildman–Crippen MR) is 55.2 cm³/mol. The summed E-state index contributed by atoms with van der Waals surface area (Å²) in [5, 5.41) is 10.6. The van der Waals surface area contributed by atoms with Crippen molar-refractivity contribution in [3.63, 3.8) is 0 Å². The number of rotatable bonds is 4. The Morgan fingerprint density at radius 2 is 2.07 bits per heavy atom. The van der Waals surface area contributed by atoms with Gasteiger partial charge in [-0.25, -0.2) is 4.79 Å². The van der Waals surface area contributed by atoms with Crippen molar-refractivity contribution >= 4 is 18.5 Å². The predicted octanol–water partition coefficient (Wildman–Crippen LogP) is 0.398. The van der Waals surface area contributed by atoms with E-state index in [4.69, 9.17) is 9.84 Å². The minimum Gasteiger partial charge on any atom is -0.465 e. The maximum absolute atomic E-state index is 10.1. The molecule has 1 fully saturated rings. The molecule has 1 heterocycles. The van der Waals surface area contributed by atoms with E-state index in [1.165, 1.54) is 0 Å². The number of morpholine rings is 1. The number of hydrogen-bond donors (Lipinski definition) is 2. The highest BCUT2D eigenvalue weighted by Gasteiger charge is 2.08. The molecule has 0 aromatic rings. The van der Waals surface area contributed by atoms with Gasteiger partial charge in [-0.2, -0.15) is 0 Å². The molecule has 1 aliphatic rings. The van der Waals surface area contributed by atoms with Crippen LogP contribution in [0, 0.1) is 0 Å². The molecule has 0 saturated carbocycles. The van der Waals surface area contributed by atoms with Gasteiger partial charge in [0.2, 0.25) is 0 Å². The second kappa shape index (κ2) is 7.84. The second-order valence-corrected chi connectivity index (χ2v) is 3.04. The lowest BCUT2D eigenvalue weighted by atomic mass is 10.3. The topological polar surface area (TPSA) is 61.8 Å². The largest absolute Gasteiger partial charge is 0.465 e. The number of halogens is 1. The fraction of sp³-hybridized carbons (Fsp3) is 0.875. The van der Waals surface area contributed by atoms with E-state index in [0.29, 0.717) is 6.54 Å². The first-order valence-corrected chi connectivity index (χ1v) is 4.56. The van der Waals surface area contributed by atoms with E-state index in [1.54, 1.807) is 0 Å². The van der Waals surface area contributed by atoms with Crippen LogP contribution in [-0.4, -0.2) is 55.5 Å². The Hall–Kier alpha value is -0.520. The molecule has 6 heteroatoms. The molecule has 0 atom stereocenters. The summed E-state index contributed by atoms with van der Waals surface area (Å²) in [6.45, 7) is 5.01. The number of nitrogens with one attached hydrogen (secondary N) is 1. The van der Waals surface area contributed by atoms with E-state index in [0.717, 1.165) is 39.3 Å². The molecule has 14 heavy (non-hydrogen) atoms. The Balaban J connectivity index is 0.00000169. The van der Waals surface area contributed by atoms with Gasteiger partial charge in [-0.3, -0.25) is 4.90 Å². The van der Waals surface area contributed by atoms with Crippen molar-refractivity contribution < 1.29 is 14.6 Å². The van der Waals surface area contributed by atoms with Crippen LogP contribution in [0.4, 0.5) is 4.79 Å². The molecule has 0 unspecified atom stereocenters. The summed E-state index contributed by atoms with van der Waals surface area (Å²) < 4.78 is 5.19. The van der Waals surface area contributed by atoms with E-state index in [-0.39, 0.29) is 12.4 Å². The van der Waals surface area contributed by atoms with Gasteiger partial charge in [0.25, 0.3) is 0 Å².